The van der Waals surface area contributed by atoms with Crippen LogP contribution in [0.4, 0.5) is 20.3 Å². The van der Waals surface area contributed by atoms with Gasteiger partial charge in [0.05, 0.1) is 11.7 Å². The van der Waals surface area contributed by atoms with Gasteiger partial charge >= 0.3 is 0 Å². The quantitative estimate of drug-likeness (QED) is 0.340. The van der Waals surface area contributed by atoms with Crippen LogP contribution in [0.25, 0.3) is 11.5 Å². The molecule has 0 spiro atoms. The van der Waals surface area contributed by atoms with E-state index in [0.29, 0.717) is 23.2 Å². The number of pyridine rings is 1. The van der Waals surface area contributed by atoms with Crippen LogP contribution in [0.2, 0.25) is 0 Å². The summed E-state index contributed by atoms with van der Waals surface area (Å²) in [4.78, 5) is 21.4. The Labute approximate surface area is 208 Å². The highest BCUT2D eigenvalue weighted by Crippen LogP contribution is 2.37. The second-order valence-electron chi connectivity index (χ2n) is 9.81. The number of aromatic nitrogens is 4. The first kappa shape index (κ1) is 24.1. The van der Waals surface area contributed by atoms with Gasteiger partial charge in [-0.15, -0.1) is 0 Å². The lowest BCUT2D eigenvalue weighted by molar-refractivity contribution is 0.102. The number of carbonyl (C=O) groups excluding carboxylic acids is 1. The predicted molar refractivity (Wildman–Crippen MR) is 132 cm³/mol. The second-order valence-corrected chi connectivity index (χ2v) is 9.81. The van der Waals surface area contributed by atoms with Crippen molar-refractivity contribution in [3.05, 3.63) is 54.3 Å². The fourth-order valence-corrected chi connectivity index (χ4v) is 4.61. The van der Waals surface area contributed by atoms with Crippen molar-refractivity contribution in [2.24, 2.45) is 11.8 Å². The molecule has 1 amide bonds. The second kappa shape index (κ2) is 10.2. The molecule has 10 heteroatoms. The predicted octanol–water partition coefficient (Wildman–Crippen LogP) is 6.25. The van der Waals surface area contributed by atoms with Crippen molar-refractivity contribution in [2.45, 2.75) is 57.9 Å². The van der Waals surface area contributed by atoms with E-state index in [4.69, 9.17) is 4.42 Å². The molecule has 36 heavy (non-hydrogen) atoms. The van der Waals surface area contributed by atoms with Gasteiger partial charge in [0, 0.05) is 24.5 Å². The zero-order chi connectivity index (χ0) is 25.2. The van der Waals surface area contributed by atoms with Crippen LogP contribution in [0.3, 0.4) is 0 Å². The first-order chi connectivity index (χ1) is 17.4. The molecule has 0 atom stereocenters. The lowest BCUT2D eigenvalue weighted by Gasteiger charge is -2.28. The van der Waals surface area contributed by atoms with E-state index >= 15 is 0 Å². The van der Waals surface area contributed by atoms with Gasteiger partial charge in [-0.25, -0.2) is 18.7 Å². The number of carbonyl (C=O) groups is 1. The minimum absolute atomic E-state index is 0.00997. The zero-order valence-corrected chi connectivity index (χ0v) is 20.2. The molecule has 8 nitrogen and oxygen atoms in total. The SMILES string of the molecule is C=C(C)C1CCC(n2cc(NC(=O)c3coc(-c4ccnc(NCC5CC5)c4)n3)c(C(F)F)n2)CC1. The zero-order valence-electron chi connectivity index (χ0n) is 20.2. The van der Waals surface area contributed by atoms with Crippen molar-refractivity contribution < 1.29 is 18.0 Å². The van der Waals surface area contributed by atoms with Crippen LogP contribution in [0.1, 0.15) is 74.1 Å². The van der Waals surface area contributed by atoms with Gasteiger partial charge in [0.1, 0.15) is 12.1 Å². The Balaban J connectivity index is 1.27. The molecule has 0 bridgehead atoms. The number of halogens is 2. The number of anilines is 2. The van der Waals surface area contributed by atoms with Crippen molar-refractivity contribution in [3.63, 3.8) is 0 Å². The molecule has 3 heterocycles. The molecule has 0 saturated heterocycles. The van der Waals surface area contributed by atoms with Gasteiger partial charge in [-0.05, 0) is 69.4 Å². The van der Waals surface area contributed by atoms with Crippen LogP contribution in [0.5, 0.6) is 0 Å². The Morgan fingerprint density at radius 2 is 2.03 bits per heavy atom. The van der Waals surface area contributed by atoms with Gasteiger partial charge in [-0.1, -0.05) is 12.2 Å². The summed E-state index contributed by atoms with van der Waals surface area (Å²) in [5, 5.41) is 9.95. The Hall–Kier alpha value is -3.56. The van der Waals surface area contributed by atoms with E-state index < -0.39 is 18.0 Å². The summed E-state index contributed by atoms with van der Waals surface area (Å²) in [6, 6.07) is 3.55. The Morgan fingerprint density at radius 3 is 2.72 bits per heavy atom. The molecular weight excluding hydrogens is 466 g/mol. The molecule has 2 aliphatic carbocycles. The van der Waals surface area contributed by atoms with Crippen LogP contribution in [-0.2, 0) is 0 Å². The van der Waals surface area contributed by atoms with E-state index in [1.807, 2.05) is 6.92 Å². The topological polar surface area (TPSA) is 97.9 Å². The first-order valence-corrected chi connectivity index (χ1v) is 12.4. The van der Waals surface area contributed by atoms with E-state index in [1.165, 1.54) is 25.3 Å². The first-order valence-electron chi connectivity index (χ1n) is 12.4. The third-order valence-corrected chi connectivity index (χ3v) is 7.00. The van der Waals surface area contributed by atoms with Gasteiger partial charge in [-0.2, -0.15) is 5.10 Å². The summed E-state index contributed by atoms with van der Waals surface area (Å²) >= 11 is 0. The number of allylic oxidation sites excluding steroid dienone is 1. The molecule has 0 radical (unpaired) electrons. The highest BCUT2D eigenvalue weighted by molar-refractivity contribution is 6.03. The van der Waals surface area contributed by atoms with Crippen LogP contribution in [0, 0.1) is 11.8 Å². The number of hydrogen-bond acceptors (Lipinski definition) is 6. The minimum Gasteiger partial charge on any atom is -0.444 e. The fraction of sp³-hybridized carbons (Fsp3) is 0.462. The Bertz CT molecular complexity index is 1240. The van der Waals surface area contributed by atoms with Gasteiger partial charge in [0.15, 0.2) is 11.4 Å². The Morgan fingerprint density at radius 1 is 1.25 bits per heavy atom. The lowest BCUT2D eigenvalue weighted by atomic mass is 9.82. The van der Waals surface area contributed by atoms with E-state index in [1.54, 1.807) is 23.0 Å². The average molecular weight is 497 g/mol. The maximum Gasteiger partial charge on any atom is 0.284 e. The van der Waals surface area contributed by atoms with Gasteiger partial charge in [-0.3, -0.25) is 9.48 Å². The number of amides is 1. The summed E-state index contributed by atoms with van der Waals surface area (Å²) in [6.45, 7) is 6.92. The van der Waals surface area contributed by atoms with Crippen molar-refractivity contribution in [1.82, 2.24) is 19.7 Å². The number of nitrogens with zero attached hydrogens (tertiary/aromatic N) is 4. The highest BCUT2D eigenvalue weighted by atomic mass is 19.3. The smallest absolute Gasteiger partial charge is 0.284 e. The fourth-order valence-electron chi connectivity index (χ4n) is 4.61. The molecule has 2 aliphatic rings. The molecule has 0 unspecified atom stereocenters. The van der Waals surface area contributed by atoms with E-state index in [2.05, 4.69) is 32.3 Å². The number of rotatable bonds is 9. The summed E-state index contributed by atoms with van der Waals surface area (Å²) in [5.41, 5.74) is 1.34. The average Bonchev–Trinajstić information content (AvgIpc) is 3.39. The summed E-state index contributed by atoms with van der Waals surface area (Å²) in [7, 11) is 0. The monoisotopic (exact) mass is 496 g/mol. The molecule has 0 aromatic carbocycles. The van der Waals surface area contributed by atoms with Crippen LogP contribution in [-0.4, -0.2) is 32.2 Å². The number of oxazole rings is 1. The number of hydrogen-bond donors (Lipinski definition) is 2. The van der Waals surface area contributed by atoms with Crippen molar-refractivity contribution in [2.75, 3.05) is 17.2 Å². The largest absolute Gasteiger partial charge is 0.444 e. The number of nitrogens with one attached hydrogen (secondary N) is 2. The standard InChI is InChI=1S/C26H30F2N6O2/c1-15(2)17-5-7-19(8-6-17)34-13-20(23(33-34)24(27)28)31-25(35)21-14-36-26(32-21)18-9-10-29-22(11-18)30-12-16-3-4-16/h9-11,13-14,16-17,19,24H,1,3-8,12H2,2H3,(H,29,30)(H,31,35). The molecule has 2 fully saturated rings. The van der Waals surface area contributed by atoms with E-state index in [-0.39, 0.29) is 23.3 Å². The summed E-state index contributed by atoms with van der Waals surface area (Å²) < 4.78 is 34.5. The van der Waals surface area contributed by atoms with E-state index in [9.17, 15) is 13.6 Å². The van der Waals surface area contributed by atoms with Crippen molar-refractivity contribution >= 4 is 17.4 Å². The molecule has 2 saturated carbocycles. The van der Waals surface area contributed by atoms with Crippen molar-refractivity contribution in [3.8, 4) is 11.5 Å². The number of alkyl halides is 2. The van der Waals surface area contributed by atoms with Gasteiger partial charge < -0.3 is 15.1 Å². The van der Waals surface area contributed by atoms with E-state index in [0.717, 1.165) is 37.8 Å². The molecule has 5 rings (SSSR count). The van der Waals surface area contributed by atoms with Crippen LogP contribution >= 0.6 is 0 Å². The lowest BCUT2D eigenvalue weighted by Crippen LogP contribution is -2.19. The maximum absolute atomic E-state index is 13.7. The highest BCUT2D eigenvalue weighted by Gasteiger charge is 2.27. The minimum atomic E-state index is -2.82. The Kier molecular flexibility index (Phi) is 6.84. The van der Waals surface area contributed by atoms with Crippen LogP contribution in [0.15, 0.2) is 47.4 Å². The normalized spacial score (nSPS) is 19.9. The summed E-state index contributed by atoms with van der Waals surface area (Å²) in [6.07, 6.45) is 7.53. The third kappa shape index (κ3) is 5.47. The maximum atomic E-state index is 13.7. The van der Waals surface area contributed by atoms with Crippen molar-refractivity contribution in [1.29, 1.82) is 0 Å². The van der Waals surface area contributed by atoms with Gasteiger partial charge in [0.25, 0.3) is 12.3 Å². The molecule has 3 aromatic heterocycles. The molecular formula is C26H30F2N6O2. The summed E-state index contributed by atoms with van der Waals surface area (Å²) in [5.74, 6) is 1.46. The third-order valence-electron chi connectivity index (χ3n) is 7.00. The van der Waals surface area contributed by atoms with Gasteiger partial charge in [0.2, 0.25) is 5.89 Å². The molecule has 3 aromatic rings. The van der Waals surface area contributed by atoms with Crippen LogP contribution < -0.4 is 10.6 Å². The molecule has 2 N–H and O–H groups in total. The molecule has 190 valence electrons. The molecule has 0 aliphatic heterocycles.